The van der Waals surface area contributed by atoms with Gasteiger partial charge in [-0.2, -0.15) is 0 Å². The van der Waals surface area contributed by atoms with Gasteiger partial charge in [0.25, 0.3) is 0 Å². The van der Waals surface area contributed by atoms with Gasteiger partial charge in [-0.3, -0.25) is 13.8 Å². The highest BCUT2D eigenvalue weighted by Gasteiger charge is 2.27. The van der Waals surface area contributed by atoms with E-state index in [-0.39, 0.29) is 19.1 Å². The van der Waals surface area contributed by atoms with Gasteiger partial charge in [-0.25, -0.2) is 4.57 Å². The topological polar surface area (TPSA) is 105 Å². The molecule has 3 N–H and O–H groups in total. The molecular formula is C55H104N2O6P+. The van der Waals surface area contributed by atoms with Crippen LogP contribution in [0.2, 0.25) is 0 Å². The Kier molecular flexibility index (Phi) is 45.0. The van der Waals surface area contributed by atoms with Crippen molar-refractivity contribution in [3.05, 3.63) is 60.8 Å². The number of allylic oxidation sites excluding steroid dienone is 9. The number of unbranched alkanes of at least 4 members (excludes halogenated alkanes) is 27. The Labute approximate surface area is 396 Å². The summed E-state index contributed by atoms with van der Waals surface area (Å²) in [6, 6.07) is -0.840. The van der Waals surface area contributed by atoms with Crippen molar-refractivity contribution in [2.45, 2.75) is 244 Å². The molecule has 0 heterocycles. The summed E-state index contributed by atoms with van der Waals surface area (Å²) in [6.45, 7) is 4.49. The van der Waals surface area contributed by atoms with E-state index in [0.717, 1.165) is 57.8 Å². The molecule has 3 atom stereocenters. The van der Waals surface area contributed by atoms with E-state index in [1.54, 1.807) is 6.08 Å². The molecule has 0 fully saturated rings. The number of phosphoric acid groups is 1. The average molecular weight is 920 g/mol. The Morgan fingerprint density at radius 2 is 0.938 bits per heavy atom. The average Bonchev–Trinajstić information content (AvgIpc) is 3.25. The minimum absolute atomic E-state index is 0.0602. The number of carbonyl (C=O) groups excluding carboxylic acids is 1. The minimum Gasteiger partial charge on any atom is -0.387 e. The zero-order valence-electron chi connectivity index (χ0n) is 42.5. The number of amides is 1. The molecule has 0 aromatic rings. The third-order valence-corrected chi connectivity index (χ3v) is 12.7. The lowest BCUT2D eigenvalue weighted by molar-refractivity contribution is -0.870. The van der Waals surface area contributed by atoms with Crippen molar-refractivity contribution < 1.29 is 32.9 Å². The quantitative estimate of drug-likeness (QED) is 0.0243. The number of phosphoric ester groups is 1. The van der Waals surface area contributed by atoms with E-state index in [2.05, 4.69) is 60.8 Å². The second-order valence-corrected chi connectivity index (χ2v) is 20.7. The first-order valence-corrected chi connectivity index (χ1v) is 28.2. The molecular weight excluding hydrogens is 816 g/mol. The molecule has 8 nitrogen and oxygen atoms in total. The summed E-state index contributed by atoms with van der Waals surface area (Å²) in [7, 11) is 1.57. The summed E-state index contributed by atoms with van der Waals surface area (Å²) < 4.78 is 23.3. The molecule has 0 saturated heterocycles. The van der Waals surface area contributed by atoms with Gasteiger partial charge < -0.3 is 19.8 Å². The molecule has 0 spiro atoms. The molecule has 1 amide bonds. The van der Waals surface area contributed by atoms with Crippen molar-refractivity contribution in [3.63, 3.8) is 0 Å². The molecule has 374 valence electrons. The number of aliphatic hydroxyl groups is 1. The van der Waals surface area contributed by atoms with Gasteiger partial charge in [0.15, 0.2) is 0 Å². The van der Waals surface area contributed by atoms with E-state index in [0.29, 0.717) is 17.4 Å². The fourth-order valence-electron chi connectivity index (χ4n) is 7.57. The van der Waals surface area contributed by atoms with Crippen LogP contribution in [0, 0.1) is 0 Å². The fourth-order valence-corrected chi connectivity index (χ4v) is 8.31. The van der Waals surface area contributed by atoms with Crippen LogP contribution in [0.1, 0.15) is 232 Å². The van der Waals surface area contributed by atoms with Crippen LogP contribution in [0.15, 0.2) is 60.8 Å². The van der Waals surface area contributed by atoms with Gasteiger partial charge in [-0.15, -0.1) is 0 Å². The normalized spacial score (nSPS) is 14.5. The van der Waals surface area contributed by atoms with Crippen LogP contribution in [-0.4, -0.2) is 73.4 Å². The van der Waals surface area contributed by atoms with Crippen LogP contribution in [0.4, 0.5) is 0 Å². The van der Waals surface area contributed by atoms with Gasteiger partial charge in [0.1, 0.15) is 13.2 Å². The summed E-state index contributed by atoms with van der Waals surface area (Å²) in [5, 5.41) is 13.5. The smallest absolute Gasteiger partial charge is 0.387 e. The van der Waals surface area contributed by atoms with E-state index in [9.17, 15) is 19.4 Å². The van der Waals surface area contributed by atoms with E-state index in [1.165, 1.54) is 154 Å². The Balaban J connectivity index is 3.61. The summed E-state index contributed by atoms with van der Waals surface area (Å²) in [6.07, 6.45) is 63.0. The number of nitrogens with one attached hydrogen (secondary N) is 1. The maximum Gasteiger partial charge on any atom is 0.472 e. The first-order chi connectivity index (χ1) is 31.0. The molecule has 0 aliphatic carbocycles. The van der Waals surface area contributed by atoms with Crippen LogP contribution in [0.25, 0.3) is 0 Å². The Bertz CT molecular complexity index is 1230. The van der Waals surface area contributed by atoms with Crippen molar-refractivity contribution in [2.75, 3.05) is 40.9 Å². The monoisotopic (exact) mass is 920 g/mol. The summed E-state index contributed by atoms with van der Waals surface area (Å²) in [5.41, 5.74) is 0. The van der Waals surface area contributed by atoms with Gasteiger partial charge in [-0.1, -0.05) is 235 Å². The molecule has 64 heavy (non-hydrogen) atoms. The predicted octanol–water partition coefficient (Wildman–Crippen LogP) is 15.8. The number of quaternary nitrogens is 1. The largest absolute Gasteiger partial charge is 0.472 e. The fraction of sp³-hybridized carbons (Fsp3) is 0.800. The zero-order chi connectivity index (χ0) is 47.1. The number of likely N-dealkylation sites (N-methyl/N-ethyl adjacent to an activating group) is 1. The highest BCUT2D eigenvalue weighted by molar-refractivity contribution is 7.47. The number of rotatable bonds is 48. The second-order valence-electron chi connectivity index (χ2n) is 19.2. The first-order valence-electron chi connectivity index (χ1n) is 26.7. The van der Waals surface area contributed by atoms with Crippen LogP contribution in [-0.2, 0) is 18.4 Å². The number of aliphatic hydroxyl groups excluding tert-OH is 1. The molecule has 3 unspecified atom stereocenters. The van der Waals surface area contributed by atoms with Gasteiger partial charge in [0, 0.05) is 6.42 Å². The minimum atomic E-state index is -4.31. The Hall–Kier alpha value is -1.80. The Morgan fingerprint density at radius 3 is 1.34 bits per heavy atom. The van der Waals surface area contributed by atoms with E-state index >= 15 is 0 Å². The second kappa shape index (κ2) is 46.3. The molecule has 0 aliphatic heterocycles. The van der Waals surface area contributed by atoms with Crippen LogP contribution >= 0.6 is 7.82 Å². The lowest BCUT2D eigenvalue weighted by Gasteiger charge is -2.25. The summed E-state index contributed by atoms with van der Waals surface area (Å²) in [5.74, 6) is -0.187. The number of carbonyl (C=O) groups is 1. The Morgan fingerprint density at radius 1 is 0.547 bits per heavy atom. The molecule has 9 heteroatoms. The molecule has 0 saturated carbocycles. The zero-order valence-corrected chi connectivity index (χ0v) is 43.4. The summed E-state index contributed by atoms with van der Waals surface area (Å²) in [4.78, 5) is 22.8. The lowest BCUT2D eigenvalue weighted by Crippen LogP contribution is -2.45. The molecule has 0 radical (unpaired) electrons. The maximum absolute atomic E-state index is 12.7. The number of hydrogen-bond donors (Lipinski definition) is 3. The highest BCUT2D eigenvalue weighted by atomic mass is 31.2. The van der Waals surface area contributed by atoms with Gasteiger partial charge in [-0.05, 0) is 51.4 Å². The van der Waals surface area contributed by atoms with Gasteiger partial charge in [0.2, 0.25) is 5.91 Å². The standard InChI is InChI=1S/C55H103N2O6P/c1-6-8-10-11-12-13-14-15-16-17-18-19-20-21-22-23-24-25-26-27-28-29-30-31-32-33-34-35-36-37-38-39-40-41-42-43-44-45-47-49-55(59)56-53(54(58)48-46-9-7-2)52-63-64(60,61)62-51-50-57(3,4)5/h8,10,12-13,15-16,18-19,46,48,53-54,58H,6-7,9,11,14,17,20-45,47,49-52H2,1-5H3,(H-,56,59,60,61)/p+1/b10-8-,13-12-,16-15-,19-18-,48-46+. The van der Waals surface area contributed by atoms with Crippen molar-refractivity contribution in [1.82, 2.24) is 5.32 Å². The molecule has 0 aromatic carbocycles. The van der Waals surface area contributed by atoms with Crippen molar-refractivity contribution in [1.29, 1.82) is 0 Å². The maximum atomic E-state index is 12.7. The van der Waals surface area contributed by atoms with E-state index in [4.69, 9.17) is 9.05 Å². The van der Waals surface area contributed by atoms with E-state index < -0.39 is 20.0 Å². The molecule has 0 aliphatic rings. The van der Waals surface area contributed by atoms with Crippen LogP contribution in [0.3, 0.4) is 0 Å². The summed E-state index contributed by atoms with van der Waals surface area (Å²) >= 11 is 0. The number of nitrogens with zero attached hydrogens (tertiary/aromatic N) is 1. The van der Waals surface area contributed by atoms with Crippen LogP contribution in [0.5, 0.6) is 0 Å². The third-order valence-electron chi connectivity index (χ3n) is 11.7. The number of hydrogen-bond acceptors (Lipinski definition) is 5. The first kappa shape index (κ1) is 62.2. The molecule has 0 rings (SSSR count). The predicted molar refractivity (Wildman–Crippen MR) is 277 cm³/mol. The van der Waals surface area contributed by atoms with E-state index in [1.807, 2.05) is 34.1 Å². The molecule has 0 aromatic heterocycles. The van der Waals surface area contributed by atoms with Crippen molar-refractivity contribution in [2.24, 2.45) is 0 Å². The van der Waals surface area contributed by atoms with Gasteiger partial charge >= 0.3 is 7.82 Å². The lowest BCUT2D eigenvalue weighted by atomic mass is 10.0. The van der Waals surface area contributed by atoms with Crippen molar-refractivity contribution >= 4 is 13.7 Å². The highest BCUT2D eigenvalue weighted by Crippen LogP contribution is 2.43. The molecule has 0 bridgehead atoms. The SMILES string of the molecule is CC/C=C\C/C=C\C/C=C\C/C=C\CCCCCCCCCCCCCCCCCCCCCCCCCCCCC(=O)NC(COP(=O)(O)OCC[N+](C)(C)C)C(O)/C=C/CCC. The van der Waals surface area contributed by atoms with Gasteiger partial charge in [0.05, 0.1) is 39.9 Å². The third kappa shape index (κ3) is 48.1. The van der Waals surface area contributed by atoms with Crippen molar-refractivity contribution in [3.8, 4) is 0 Å². The van der Waals surface area contributed by atoms with Crippen LogP contribution < -0.4 is 5.32 Å².